The fourth-order valence-corrected chi connectivity index (χ4v) is 2.00. The average molecular weight is 379 g/mol. The number of carbonyl (C=O) groups is 2. The minimum Gasteiger partial charge on any atom is -0.497 e. The molecule has 2 aromatic carbocycles. The summed E-state index contributed by atoms with van der Waals surface area (Å²) in [5.41, 5.74) is 0.0791. The van der Waals surface area contributed by atoms with E-state index in [2.05, 4.69) is 5.32 Å². The number of amides is 1. The van der Waals surface area contributed by atoms with Crippen LogP contribution in [0.1, 0.15) is 11.1 Å². The lowest BCUT2D eigenvalue weighted by molar-refractivity contribution is -0.142. The van der Waals surface area contributed by atoms with Gasteiger partial charge in [0.15, 0.2) is 6.61 Å². The van der Waals surface area contributed by atoms with E-state index >= 15 is 0 Å². The molecule has 0 radical (unpaired) electrons. The summed E-state index contributed by atoms with van der Waals surface area (Å²) in [6.45, 7) is -0.563. The summed E-state index contributed by atoms with van der Waals surface area (Å²) in [5.74, 6) is -0.719. The van der Waals surface area contributed by atoms with Crippen LogP contribution in [-0.4, -0.2) is 25.6 Å². The number of hydrogen-bond acceptors (Lipinski definition) is 4. The summed E-state index contributed by atoms with van der Waals surface area (Å²) in [6.07, 6.45) is -1.78. The summed E-state index contributed by atoms with van der Waals surface area (Å²) < 4.78 is 47.2. The summed E-state index contributed by atoms with van der Waals surface area (Å²) >= 11 is 0. The zero-order valence-corrected chi connectivity index (χ0v) is 14.2. The number of hydrogen-bond donors (Lipinski definition) is 1. The second-order valence-corrected chi connectivity index (χ2v) is 5.34. The van der Waals surface area contributed by atoms with Gasteiger partial charge in [0.25, 0.3) is 5.91 Å². The van der Waals surface area contributed by atoms with E-state index in [1.807, 2.05) is 0 Å². The number of alkyl halides is 3. The number of carbonyl (C=O) groups excluding carboxylic acids is 2. The first-order valence-electron chi connectivity index (χ1n) is 7.74. The van der Waals surface area contributed by atoms with Crippen molar-refractivity contribution < 1.29 is 32.2 Å². The van der Waals surface area contributed by atoms with Gasteiger partial charge in [0.1, 0.15) is 5.75 Å². The van der Waals surface area contributed by atoms with Gasteiger partial charge in [0, 0.05) is 11.8 Å². The van der Waals surface area contributed by atoms with Crippen LogP contribution in [0.2, 0.25) is 0 Å². The Labute approximate surface area is 153 Å². The normalized spacial score (nSPS) is 11.3. The van der Waals surface area contributed by atoms with Gasteiger partial charge in [-0.05, 0) is 48.0 Å². The smallest absolute Gasteiger partial charge is 0.416 e. The van der Waals surface area contributed by atoms with Crippen LogP contribution < -0.4 is 10.1 Å². The van der Waals surface area contributed by atoms with Gasteiger partial charge in [-0.3, -0.25) is 4.79 Å². The lowest BCUT2D eigenvalue weighted by Gasteiger charge is -2.08. The predicted molar refractivity (Wildman–Crippen MR) is 93.1 cm³/mol. The highest BCUT2D eigenvalue weighted by Crippen LogP contribution is 2.29. The quantitative estimate of drug-likeness (QED) is 0.611. The van der Waals surface area contributed by atoms with Crippen LogP contribution in [-0.2, 0) is 20.5 Å². The fourth-order valence-electron chi connectivity index (χ4n) is 2.00. The first-order chi connectivity index (χ1) is 12.8. The molecule has 0 bridgehead atoms. The first-order valence-corrected chi connectivity index (χ1v) is 7.74. The maximum absolute atomic E-state index is 12.5. The lowest BCUT2D eigenvalue weighted by atomic mass is 10.2. The topological polar surface area (TPSA) is 64.6 Å². The molecule has 2 rings (SSSR count). The molecular formula is C19H16F3NO4. The Balaban J connectivity index is 1.80. The Morgan fingerprint density at radius 3 is 2.22 bits per heavy atom. The Morgan fingerprint density at radius 2 is 1.67 bits per heavy atom. The molecule has 8 heteroatoms. The SMILES string of the molecule is COc1ccc(/C=C/C(=O)OCC(=O)Nc2ccc(C(F)(F)F)cc2)cc1. The van der Waals surface area contributed by atoms with E-state index in [-0.39, 0.29) is 5.69 Å². The Morgan fingerprint density at radius 1 is 1.04 bits per heavy atom. The van der Waals surface area contributed by atoms with E-state index in [0.29, 0.717) is 5.75 Å². The van der Waals surface area contributed by atoms with Crippen molar-refractivity contribution >= 4 is 23.6 Å². The molecule has 0 fully saturated rings. The van der Waals surface area contributed by atoms with Gasteiger partial charge < -0.3 is 14.8 Å². The van der Waals surface area contributed by atoms with Gasteiger partial charge >= 0.3 is 12.1 Å². The van der Waals surface area contributed by atoms with Crippen molar-refractivity contribution in [3.8, 4) is 5.75 Å². The van der Waals surface area contributed by atoms with E-state index < -0.39 is 30.2 Å². The number of benzene rings is 2. The van der Waals surface area contributed by atoms with Crippen molar-refractivity contribution in [2.75, 3.05) is 19.0 Å². The third-order valence-corrected chi connectivity index (χ3v) is 3.37. The molecule has 0 spiro atoms. The Hall–Kier alpha value is -3.29. The van der Waals surface area contributed by atoms with Crippen LogP contribution in [0.15, 0.2) is 54.6 Å². The van der Waals surface area contributed by atoms with Crippen molar-refractivity contribution in [1.82, 2.24) is 0 Å². The molecule has 0 aliphatic rings. The zero-order chi connectivity index (χ0) is 19.9. The van der Waals surface area contributed by atoms with E-state index in [4.69, 9.17) is 9.47 Å². The molecule has 27 heavy (non-hydrogen) atoms. The molecule has 5 nitrogen and oxygen atoms in total. The number of anilines is 1. The summed E-state index contributed by atoms with van der Waals surface area (Å²) in [5, 5.41) is 2.34. The van der Waals surface area contributed by atoms with Crippen LogP contribution in [0, 0.1) is 0 Å². The van der Waals surface area contributed by atoms with Crippen molar-refractivity contribution in [2.45, 2.75) is 6.18 Å². The molecule has 0 saturated heterocycles. The van der Waals surface area contributed by atoms with Crippen LogP contribution in [0.5, 0.6) is 5.75 Å². The van der Waals surface area contributed by atoms with Crippen LogP contribution >= 0.6 is 0 Å². The van der Waals surface area contributed by atoms with Crippen LogP contribution in [0.4, 0.5) is 18.9 Å². The largest absolute Gasteiger partial charge is 0.497 e. The van der Waals surface area contributed by atoms with E-state index in [1.54, 1.807) is 24.3 Å². The summed E-state index contributed by atoms with van der Waals surface area (Å²) in [7, 11) is 1.54. The van der Waals surface area contributed by atoms with Gasteiger partial charge in [0.2, 0.25) is 0 Å². The van der Waals surface area contributed by atoms with Crippen molar-refractivity contribution in [1.29, 1.82) is 0 Å². The Kier molecular flexibility index (Phi) is 6.59. The lowest BCUT2D eigenvalue weighted by Crippen LogP contribution is -2.20. The number of nitrogens with one attached hydrogen (secondary N) is 1. The highest BCUT2D eigenvalue weighted by atomic mass is 19.4. The standard InChI is InChI=1S/C19H16F3NO4/c1-26-16-9-2-13(3-10-16)4-11-18(25)27-12-17(24)23-15-7-5-14(6-8-15)19(20,21)22/h2-11H,12H2,1H3,(H,23,24)/b11-4+. The molecule has 0 aliphatic carbocycles. The minimum absolute atomic E-state index is 0.165. The van der Waals surface area contributed by atoms with Gasteiger partial charge in [0.05, 0.1) is 12.7 Å². The summed E-state index contributed by atoms with van der Waals surface area (Å²) in [4.78, 5) is 23.3. The van der Waals surface area contributed by atoms with Gasteiger partial charge in [-0.25, -0.2) is 4.79 Å². The molecular weight excluding hydrogens is 363 g/mol. The third kappa shape index (κ3) is 6.50. The first kappa shape index (κ1) is 20.0. The average Bonchev–Trinajstić information content (AvgIpc) is 2.65. The molecule has 1 N–H and O–H groups in total. The zero-order valence-electron chi connectivity index (χ0n) is 14.2. The molecule has 0 aliphatic heterocycles. The maximum Gasteiger partial charge on any atom is 0.416 e. The number of rotatable bonds is 6. The number of esters is 1. The predicted octanol–water partition coefficient (Wildman–Crippen LogP) is 3.91. The van der Waals surface area contributed by atoms with Gasteiger partial charge in [-0.15, -0.1) is 0 Å². The fraction of sp³-hybridized carbons (Fsp3) is 0.158. The molecule has 1 amide bonds. The van der Waals surface area contributed by atoms with Crippen molar-refractivity contribution in [3.05, 3.63) is 65.7 Å². The highest BCUT2D eigenvalue weighted by molar-refractivity contribution is 5.94. The Bertz CT molecular complexity index is 812. The molecule has 2 aromatic rings. The second-order valence-electron chi connectivity index (χ2n) is 5.34. The summed E-state index contributed by atoms with van der Waals surface area (Å²) in [6, 6.07) is 10.8. The molecule has 0 aromatic heterocycles. The number of halogens is 3. The van der Waals surface area contributed by atoms with Crippen molar-refractivity contribution in [2.24, 2.45) is 0 Å². The molecule has 0 saturated carbocycles. The molecule has 0 unspecified atom stereocenters. The third-order valence-electron chi connectivity index (χ3n) is 3.37. The van der Waals surface area contributed by atoms with E-state index in [9.17, 15) is 22.8 Å². The van der Waals surface area contributed by atoms with Gasteiger partial charge in [-0.1, -0.05) is 12.1 Å². The van der Waals surface area contributed by atoms with E-state index in [0.717, 1.165) is 35.9 Å². The highest BCUT2D eigenvalue weighted by Gasteiger charge is 2.29. The monoisotopic (exact) mass is 379 g/mol. The molecule has 142 valence electrons. The van der Waals surface area contributed by atoms with Crippen LogP contribution in [0.25, 0.3) is 6.08 Å². The van der Waals surface area contributed by atoms with Crippen LogP contribution in [0.3, 0.4) is 0 Å². The van der Waals surface area contributed by atoms with Gasteiger partial charge in [-0.2, -0.15) is 13.2 Å². The second kappa shape index (κ2) is 8.88. The van der Waals surface area contributed by atoms with Crippen molar-refractivity contribution in [3.63, 3.8) is 0 Å². The molecule has 0 heterocycles. The number of ether oxygens (including phenoxy) is 2. The minimum atomic E-state index is -4.45. The maximum atomic E-state index is 12.5. The molecule has 0 atom stereocenters. The number of methoxy groups -OCH3 is 1. The van der Waals surface area contributed by atoms with E-state index in [1.165, 1.54) is 13.2 Å².